The highest BCUT2D eigenvalue weighted by Gasteiger charge is 2.54. The lowest BCUT2D eigenvalue weighted by Crippen LogP contribution is -2.47. The van der Waals surface area contributed by atoms with Crippen LogP contribution in [0.1, 0.15) is 86.0 Å². The molecule has 0 saturated carbocycles. The summed E-state index contributed by atoms with van der Waals surface area (Å²) in [6, 6.07) is 1.37. The monoisotopic (exact) mass is 414 g/mol. The molecule has 5 heterocycles. The fourth-order valence-corrected chi connectivity index (χ4v) is 5.77. The van der Waals surface area contributed by atoms with Crippen LogP contribution in [-0.4, -0.2) is 66.4 Å². The van der Waals surface area contributed by atoms with Crippen LogP contribution in [0.15, 0.2) is 23.2 Å². The standard InChI is InChI=1S/C15H26BNO2.C10H17N/c1-14(2)15(3,4)19-16(18-14)12-8-7-11-17-10-6-5-9-13(12)17;1-9-5-4-8-11-7-3-2-6-10(9)11/h8,13H,5-7,9-11H2,1-4H3;5,10H,2-4,6-8H2,1H3. The summed E-state index contributed by atoms with van der Waals surface area (Å²) in [5.41, 5.74) is 2.55. The molecule has 5 heteroatoms. The Bertz CT molecular complexity index is 656. The fraction of sp³-hybridized carbons (Fsp3) is 0.840. The van der Waals surface area contributed by atoms with Crippen LogP contribution in [0.25, 0.3) is 0 Å². The molecule has 3 saturated heterocycles. The van der Waals surface area contributed by atoms with Gasteiger partial charge in [0, 0.05) is 25.2 Å². The first-order valence-corrected chi connectivity index (χ1v) is 12.5. The average molecular weight is 414 g/mol. The van der Waals surface area contributed by atoms with E-state index in [0.29, 0.717) is 6.04 Å². The predicted octanol–water partition coefficient (Wildman–Crippen LogP) is 4.99. The maximum Gasteiger partial charge on any atom is 0.491 e. The minimum absolute atomic E-state index is 0.143. The first kappa shape index (κ1) is 22.6. The Balaban J connectivity index is 0.000000168. The van der Waals surface area contributed by atoms with E-state index in [1.54, 1.807) is 5.57 Å². The van der Waals surface area contributed by atoms with Gasteiger partial charge in [-0.05, 0) is 91.7 Å². The van der Waals surface area contributed by atoms with Crippen molar-refractivity contribution in [2.75, 3.05) is 26.2 Å². The largest absolute Gasteiger partial charge is 0.491 e. The van der Waals surface area contributed by atoms with Gasteiger partial charge in [0.25, 0.3) is 0 Å². The molecule has 0 N–H and O–H groups in total. The van der Waals surface area contributed by atoms with Gasteiger partial charge < -0.3 is 9.31 Å². The molecule has 4 nitrogen and oxygen atoms in total. The molecule has 5 aliphatic rings. The summed E-state index contributed by atoms with van der Waals surface area (Å²) < 4.78 is 12.5. The predicted molar refractivity (Wildman–Crippen MR) is 126 cm³/mol. The number of fused-ring (bicyclic) bond motifs is 2. The van der Waals surface area contributed by atoms with Crippen LogP contribution in [0, 0.1) is 0 Å². The van der Waals surface area contributed by atoms with Crippen molar-refractivity contribution in [2.45, 2.75) is 109 Å². The van der Waals surface area contributed by atoms with Crippen LogP contribution in [0.4, 0.5) is 0 Å². The van der Waals surface area contributed by atoms with Gasteiger partial charge in [-0.25, -0.2) is 0 Å². The highest BCUT2D eigenvalue weighted by atomic mass is 16.7. The first-order valence-electron chi connectivity index (χ1n) is 12.5. The molecule has 30 heavy (non-hydrogen) atoms. The third kappa shape index (κ3) is 4.60. The Morgan fingerprint density at radius 2 is 1.30 bits per heavy atom. The van der Waals surface area contributed by atoms with Gasteiger partial charge in [-0.2, -0.15) is 0 Å². The molecule has 5 aliphatic heterocycles. The van der Waals surface area contributed by atoms with E-state index in [-0.39, 0.29) is 18.3 Å². The molecule has 0 aromatic rings. The van der Waals surface area contributed by atoms with Crippen molar-refractivity contribution in [3.8, 4) is 0 Å². The fourth-order valence-electron chi connectivity index (χ4n) is 5.77. The lowest BCUT2D eigenvalue weighted by Gasteiger charge is -2.40. The van der Waals surface area contributed by atoms with Gasteiger partial charge >= 0.3 is 7.12 Å². The van der Waals surface area contributed by atoms with Crippen LogP contribution in [-0.2, 0) is 9.31 Å². The topological polar surface area (TPSA) is 24.9 Å². The molecule has 0 aromatic heterocycles. The summed E-state index contributed by atoms with van der Waals surface area (Å²) in [5, 5.41) is 0. The Hall–Kier alpha value is -0.615. The molecule has 0 aliphatic carbocycles. The van der Waals surface area contributed by atoms with Crippen molar-refractivity contribution in [1.82, 2.24) is 9.80 Å². The number of nitrogens with zero attached hydrogens (tertiary/aromatic N) is 2. The van der Waals surface area contributed by atoms with E-state index in [1.807, 2.05) is 0 Å². The van der Waals surface area contributed by atoms with Gasteiger partial charge in [-0.15, -0.1) is 0 Å². The van der Waals surface area contributed by atoms with Crippen molar-refractivity contribution in [3.05, 3.63) is 23.2 Å². The van der Waals surface area contributed by atoms with Crippen LogP contribution >= 0.6 is 0 Å². The average Bonchev–Trinajstić information content (AvgIpc) is 2.95. The Kier molecular flexibility index (Phi) is 6.84. The van der Waals surface area contributed by atoms with Gasteiger partial charge in [0.1, 0.15) is 0 Å². The number of piperidine rings is 2. The van der Waals surface area contributed by atoms with Gasteiger partial charge in [-0.3, -0.25) is 9.80 Å². The van der Waals surface area contributed by atoms with Crippen molar-refractivity contribution in [2.24, 2.45) is 0 Å². The SMILES string of the molecule is CC1(C)OB(C2=CCCN3CCCCC23)OC1(C)C.CC1=CCCN2CCCCC12. The summed E-state index contributed by atoms with van der Waals surface area (Å²) in [6.07, 6.45) is 15.4. The van der Waals surface area contributed by atoms with E-state index >= 15 is 0 Å². The van der Waals surface area contributed by atoms with Gasteiger partial charge in [0.05, 0.1) is 11.2 Å². The van der Waals surface area contributed by atoms with Crippen LogP contribution in [0.5, 0.6) is 0 Å². The zero-order valence-electron chi connectivity index (χ0n) is 20.1. The van der Waals surface area contributed by atoms with Crippen molar-refractivity contribution >= 4 is 7.12 Å². The number of hydrogen-bond donors (Lipinski definition) is 0. The van der Waals surface area contributed by atoms with Crippen molar-refractivity contribution < 1.29 is 9.31 Å². The molecule has 0 spiro atoms. The van der Waals surface area contributed by atoms with E-state index < -0.39 is 0 Å². The Morgan fingerprint density at radius 3 is 1.90 bits per heavy atom. The highest BCUT2D eigenvalue weighted by Crippen LogP contribution is 2.41. The molecule has 0 aromatic carbocycles. The van der Waals surface area contributed by atoms with Gasteiger partial charge in [-0.1, -0.05) is 30.6 Å². The van der Waals surface area contributed by atoms with Gasteiger partial charge in [0.2, 0.25) is 0 Å². The lowest BCUT2D eigenvalue weighted by molar-refractivity contribution is 0.00578. The summed E-state index contributed by atoms with van der Waals surface area (Å²) in [5.74, 6) is 0. The molecule has 2 atom stereocenters. The molecular weight excluding hydrogens is 371 g/mol. The van der Waals surface area contributed by atoms with Crippen LogP contribution in [0.3, 0.4) is 0 Å². The van der Waals surface area contributed by atoms with Crippen LogP contribution in [0.2, 0.25) is 0 Å². The summed E-state index contributed by atoms with van der Waals surface area (Å²) >= 11 is 0. The minimum Gasteiger partial charge on any atom is -0.400 e. The van der Waals surface area contributed by atoms with Crippen molar-refractivity contribution in [1.29, 1.82) is 0 Å². The first-order chi connectivity index (χ1) is 14.3. The molecule has 3 fully saturated rings. The Labute approximate surface area is 185 Å². The maximum absolute atomic E-state index is 6.24. The van der Waals surface area contributed by atoms with E-state index in [9.17, 15) is 0 Å². The zero-order chi connectivity index (χ0) is 21.4. The van der Waals surface area contributed by atoms with E-state index in [2.05, 4.69) is 56.6 Å². The summed E-state index contributed by atoms with van der Waals surface area (Å²) in [4.78, 5) is 5.27. The normalized spacial score (nSPS) is 33.6. The highest BCUT2D eigenvalue weighted by molar-refractivity contribution is 6.55. The van der Waals surface area contributed by atoms with E-state index in [4.69, 9.17) is 9.31 Å². The molecule has 2 unspecified atom stereocenters. The van der Waals surface area contributed by atoms with Crippen LogP contribution < -0.4 is 0 Å². The second-order valence-corrected chi connectivity index (χ2v) is 10.9. The van der Waals surface area contributed by atoms with E-state index in [0.717, 1.165) is 12.5 Å². The second-order valence-electron chi connectivity index (χ2n) is 10.9. The number of hydrogen-bond acceptors (Lipinski definition) is 4. The minimum atomic E-state index is -0.227. The van der Waals surface area contributed by atoms with Gasteiger partial charge in [0.15, 0.2) is 0 Å². The van der Waals surface area contributed by atoms with Crippen molar-refractivity contribution in [3.63, 3.8) is 0 Å². The second kappa shape index (κ2) is 9.09. The van der Waals surface area contributed by atoms with E-state index in [1.165, 1.54) is 76.6 Å². The Morgan fingerprint density at radius 1 is 0.767 bits per heavy atom. The number of rotatable bonds is 1. The lowest BCUT2D eigenvalue weighted by atomic mass is 9.69. The molecule has 5 rings (SSSR count). The molecule has 0 radical (unpaired) electrons. The summed E-state index contributed by atoms with van der Waals surface area (Å²) in [7, 11) is -0.143. The third-order valence-electron chi connectivity index (χ3n) is 8.34. The maximum atomic E-state index is 6.24. The molecule has 0 bridgehead atoms. The summed E-state index contributed by atoms with van der Waals surface area (Å²) in [6.45, 7) is 15.9. The smallest absolute Gasteiger partial charge is 0.400 e. The molecule has 168 valence electrons. The molecular formula is C25H43BN2O2. The quantitative estimate of drug-likeness (QED) is 0.446. The molecule has 0 amide bonds. The third-order valence-corrected chi connectivity index (χ3v) is 8.34. The zero-order valence-corrected chi connectivity index (χ0v) is 20.1.